The third-order valence-corrected chi connectivity index (χ3v) is 4.06. The highest BCUT2D eigenvalue weighted by atomic mass is 32.1. The van der Waals surface area contributed by atoms with Gasteiger partial charge in [-0.05, 0) is 23.8 Å². The van der Waals surface area contributed by atoms with Crippen LogP contribution in [0, 0.1) is 0 Å². The number of pyridine rings is 1. The Morgan fingerprint density at radius 3 is 2.50 bits per heavy atom. The third-order valence-electron chi connectivity index (χ3n) is 2.96. The van der Waals surface area contributed by atoms with Crippen LogP contribution < -0.4 is 10.6 Å². The molecule has 0 aromatic carbocycles. The largest absolute Gasteiger partial charge is 0.478 e. The summed E-state index contributed by atoms with van der Waals surface area (Å²) in [6, 6.07) is 4.45. The van der Waals surface area contributed by atoms with E-state index in [4.69, 9.17) is 0 Å². The minimum Gasteiger partial charge on any atom is -0.478 e. The summed E-state index contributed by atoms with van der Waals surface area (Å²) in [5.74, 6) is -0.862. The maximum absolute atomic E-state index is 12.0. The van der Waals surface area contributed by atoms with Crippen molar-refractivity contribution in [1.82, 2.24) is 15.0 Å². The molecular formula is C15H11N5O3S. The molecule has 0 saturated carbocycles. The first-order valence-electron chi connectivity index (χ1n) is 6.75. The number of carboxylic acid groups (broad SMARTS) is 1. The Balaban J connectivity index is 1.83. The number of amides is 2. The van der Waals surface area contributed by atoms with Gasteiger partial charge in [0.2, 0.25) is 0 Å². The average Bonchev–Trinajstić information content (AvgIpc) is 3.00. The van der Waals surface area contributed by atoms with Crippen LogP contribution in [-0.2, 0) is 0 Å². The molecule has 0 aliphatic carbocycles. The zero-order chi connectivity index (χ0) is 16.9. The molecule has 0 fully saturated rings. The number of thiophene rings is 1. The molecule has 0 atom stereocenters. The first-order chi connectivity index (χ1) is 11.6. The van der Waals surface area contributed by atoms with Gasteiger partial charge in [0.15, 0.2) is 5.82 Å². The van der Waals surface area contributed by atoms with Gasteiger partial charge in [-0.25, -0.2) is 14.6 Å². The van der Waals surface area contributed by atoms with E-state index in [1.54, 1.807) is 24.5 Å². The monoisotopic (exact) mass is 341 g/mol. The number of hydrogen-bond acceptors (Lipinski definition) is 6. The Hall–Kier alpha value is -3.33. The first kappa shape index (κ1) is 15.6. The van der Waals surface area contributed by atoms with Crippen molar-refractivity contribution in [2.75, 3.05) is 10.6 Å². The van der Waals surface area contributed by atoms with E-state index in [9.17, 15) is 14.7 Å². The molecule has 0 spiro atoms. The lowest BCUT2D eigenvalue weighted by Gasteiger charge is -2.05. The summed E-state index contributed by atoms with van der Waals surface area (Å²) in [5, 5.41) is 14.6. The highest BCUT2D eigenvalue weighted by Gasteiger charge is 2.18. The molecule has 3 rings (SSSR count). The lowest BCUT2D eigenvalue weighted by Crippen LogP contribution is -2.20. The standard InChI is InChI=1S/C15H11N5O3S/c21-14(22)10-7-11(9-1-3-16-4-2-9)24-13(10)20-15(23)19-12-8-17-5-6-18-12/h1-8H,(H,21,22)(H2,18,19,20,23). The second-order valence-electron chi connectivity index (χ2n) is 4.56. The first-order valence-corrected chi connectivity index (χ1v) is 7.56. The van der Waals surface area contributed by atoms with Gasteiger partial charge in [-0.1, -0.05) is 0 Å². The second kappa shape index (κ2) is 6.84. The van der Waals surface area contributed by atoms with E-state index in [0.717, 1.165) is 16.9 Å². The predicted octanol–water partition coefficient (Wildman–Crippen LogP) is 2.94. The number of aromatic carboxylic acids is 1. The van der Waals surface area contributed by atoms with Gasteiger partial charge in [0.1, 0.15) is 5.00 Å². The van der Waals surface area contributed by atoms with E-state index >= 15 is 0 Å². The number of carbonyl (C=O) groups is 2. The molecule has 0 unspecified atom stereocenters. The molecule has 8 nitrogen and oxygen atoms in total. The number of carboxylic acids is 1. The van der Waals surface area contributed by atoms with Crippen molar-refractivity contribution in [2.24, 2.45) is 0 Å². The summed E-state index contributed by atoms with van der Waals surface area (Å²) >= 11 is 1.16. The molecule has 3 N–H and O–H groups in total. The van der Waals surface area contributed by atoms with Gasteiger partial charge in [-0.2, -0.15) is 0 Å². The van der Waals surface area contributed by atoms with Gasteiger partial charge >= 0.3 is 12.0 Å². The Morgan fingerprint density at radius 2 is 1.83 bits per heavy atom. The van der Waals surface area contributed by atoms with E-state index in [-0.39, 0.29) is 16.4 Å². The Bertz CT molecular complexity index is 867. The van der Waals surface area contributed by atoms with E-state index in [1.807, 2.05) is 0 Å². The number of urea groups is 1. The quantitative estimate of drug-likeness (QED) is 0.671. The normalized spacial score (nSPS) is 10.2. The minimum atomic E-state index is -1.12. The maximum atomic E-state index is 12.0. The van der Waals surface area contributed by atoms with Gasteiger partial charge in [-0.15, -0.1) is 11.3 Å². The summed E-state index contributed by atoms with van der Waals surface area (Å²) in [7, 11) is 0. The van der Waals surface area contributed by atoms with Crippen molar-refractivity contribution in [2.45, 2.75) is 0 Å². The van der Waals surface area contributed by atoms with E-state index in [2.05, 4.69) is 25.6 Å². The summed E-state index contributed by atoms with van der Waals surface area (Å²) in [4.78, 5) is 35.8. The molecule has 0 aliphatic rings. The number of carbonyl (C=O) groups excluding carboxylic acids is 1. The number of rotatable bonds is 4. The van der Waals surface area contributed by atoms with Crippen LogP contribution >= 0.6 is 11.3 Å². The maximum Gasteiger partial charge on any atom is 0.338 e. The minimum absolute atomic E-state index is 0.0149. The lowest BCUT2D eigenvalue weighted by atomic mass is 10.2. The predicted molar refractivity (Wildman–Crippen MR) is 89.2 cm³/mol. The SMILES string of the molecule is O=C(Nc1cnccn1)Nc1sc(-c2ccncc2)cc1C(=O)O. The topological polar surface area (TPSA) is 117 Å². The van der Waals surface area contributed by atoms with Crippen LogP contribution in [0.4, 0.5) is 15.6 Å². The average molecular weight is 341 g/mol. The van der Waals surface area contributed by atoms with Gasteiger partial charge in [-0.3, -0.25) is 20.6 Å². The van der Waals surface area contributed by atoms with Crippen molar-refractivity contribution >= 4 is 34.2 Å². The fourth-order valence-electron chi connectivity index (χ4n) is 1.92. The van der Waals surface area contributed by atoms with E-state index in [1.165, 1.54) is 24.7 Å². The van der Waals surface area contributed by atoms with Crippen LogP contribution in [0.15, 0.2) is 49.2 Å². The zero-order valence-corrected chi connectivity index (χ0v) is 12.9. The fourth-order valence-corrected chi connectivity index (χ4v) is 2.97. The lowest BCUT2D eigenvalue weighted by molar-refractivity contribution is 0.0698. The van der Waals surface area contributed by atoms with E-state index in [0.29, 0.717) is 4.88 Å². The number of nitrogens with zero attached hydrogens (tertiary/aromatic N) is 3. The summed E-state index contributed by atoms with van der Waals surface area (Å²) in [6.07, 6.45) is 7.53. The molecule has 120 valence electrons. The molecule has 3 aromatic rings. The Labute approximate surface area is 140 Å². The van der Waals surface area contributed by atoms with Gasteiger partial charge in [0.25, 0.3) is 0 Å². The Morgan fingerprint density at radius 1 is 1.04 bits per heavy atom. The Kier molecular flexibility index (Phi) is 4.43. The molecule has 9 heteroatoms. The highest BCUT2D eigenvalue weighted by Crippen LogP contribution is 2.35. The van der Waals surface area contributed by atoms with Crippen molar-refractivity contribution in [3.05, 3.63) is 54.7 Å². The highest BCUT2D eigenvalue weighted by molar-refractivity contribution is 7.20. The van der Waals surface area contributed by atoms with Crippen LogP contribution in [0.1, 0.15) is 10.4 Å². The van der Waals surface area contributed by atoms with Gasteiger partial charge in [0.05, 0.1) is 11.8 Å². The summed E-state index contributed by atoms with van der Waals surface area (Å²) in [6.45, 7) is 0. The smallest absolute Gasteiger partial charge is 0.338 e. The molecule has 3 heterocycles. The van der Waals surface area contributed by atoms with Crippen LogP contribution in [0.5, 0.6) is 0 Å². The molecule has 0 radical (unpaired) electrons. The molecule has 2 amide bonds. The van der Waals surface area contributed by atoms with Crippen molar-refractivity contribution in [3.63, 3.8) is 0 Å². The number of hydrogen-bond donors (Lipinski definition) is 3. The molecule has 0 aliphatic heterocycles. The number of aromatic nitrogens is 3. The van der Waals surface area contributed by atoms with Crippen molar-refractivity contribution in [1.29, 1.82) is 0 Å². The molecule has 0 saturated heterocycles. The molecule has 0 bridgehead atoms. The molecular weight excluding hydrogens is 330 g/mol. The van der Waals surface area contributed by atoms with Crippen LogP contribution in [-0.4, -0.2) is 32.1 Å². The zero-order valence-electron chi connectivity index (χ0n) is 12.1. The van der Waals surface area contributed by atoms with Crippen molar-refractivity contribution < 1.29 is 14.7 Å². The second-order valence-corrected chi connectivity index (χ2v) is 5.62. The third kappa shape index (κ3) is 3.52. The summed E-state index contributed by atoms with van der Waals surface area (Å²) < 4.78 is 0. The number of nitrogens with one attached hydrogen (secondary N) is 2. The van der Waals surface area contributed by atoms with Crippen LogP contribution in [0.3, 0.4) is 0 Å². The summed E-state index contributed by atoms with van der Waals surface area (Å²) in [5.41, 5.74) is 0.834. The molecule has 24 heavy (non-hydrogen) atoms. The van der Waals surface area contributed by atoms with Crippen LogP contribution in [0.25, 0.3) is 10.4 Å². The van der Waals surface area contributed by atoms with Crippen molar-refractivity contribution in [3.8, 4) is 10.4 Å². The molecule has 3 aromatic heterocycles. The van der Waals surface area contributed by atoms with E-state index < -0.39 is 12.0 Å². The van der Waals surface area contributed by atoms with Gasteiger partial charge in [0, 0.05) is 29.7 Å². The fraction of sp³-hybridized carbons (Fsp3) is 0. The van der Waals surface area contributed by atoms with Crippen LogP contribution in [0.2, 0.25) is 0 Å². The number of anilines is 2. The van der Waals surface area contributed by atoms with Gasteiger partial charge < -0.3 is 5.11 Å².